The second kappa shape index (κ2) is 11.5. The number of hydrogen-bond acceptors (Lipinski definition) is 3. The van der Waals surface area contributed by atoms with E-state index in [1.807, 2.05) is 7.05 Å². The molecule has 0 bridgehead atoms. The smallest absolute Gasteiger partial charge is 0.193 e. The third kappa shape index (κ3) is 6.33. The van der Waals surface area contributed by atoms with E-state index >= 15 is 0 Å². The Hall–Kier alpha value is -1.38. The Morgan fingerprint density at radius 1 is 1.19 bits per heavy atom. The van der Waals surface area contributed by atoms with Gasteiger partial charge in [0.05, 0.1) is 19.8 Å². The summed E-state index contributed by atoms with van der Waals surface area (Å²) in [5.74, 6) is 1.53. The van der Waals surface area contributed by atoms with Crippen molar-refractivity contribution in [3.63, 3.8) is 0 Å². The van der Waals surface area contributed by atoms with Crippen LogP contribution in [0.1, 0.15) is 12.0 Å². The van der Waals surface area contributed by atoms with E-state index in [0.717, 1.165) is 38.6 Å². The van der Waals surface area contributed by atoms with Gasteiger partial charge in [-0.1, -0.05) is 36.4 Å². The van der Waals surface area contributed by atoms with Crippen LogP contribution in [0.15, 0.2) is 47.5 Å². The van der Waals surface area contributed by atoms with Gasteiger partial charge in [-0.25, -0.2) is 0 Å². The average Bonchev–Trinajstić information content (AvgIpc) is 3.14. The number of halogens is 1. The molecule has 5 nitrogen and oxygen atoms in total. The standard InChI is InChI=1S/C21H29N3O2.HI/c1-22-21(24-10-9-18(15-24)16-26-12-11-25-2)23-14-17-7-8-19-5-3-4-6-20(19)13-17;/h3-8,13,18H,9-12,14-16H2,1-2H3,(H,22,23);1H. The SMILES string of the molecule is CN=C(NCc1ccc2ccccc2c1)N1CCC(COCCOC)C1.I. The molecule has 0 radical (unpaired) electrons. The zero-order valence-corrected chi connectivity index (χ0v) is 18.5. The number of nitrogens with one attached hydrogen (secondary N) is 1. The van der Waals surface area contributed by atoms with Crippen molar-refractivity contribution < 1.29 is 9.47 Å². The highest BCUT2D eigenvalue weighted by Crippen LogP contribution is 2.18. The molecule has 0 aliphatic carbocycles. The molecule has 0 saturated carbocycles. The predicted octanol–water partition coefficient (Wildman–Crippen LogP) is 3.52. The van der Waals surface area contributed by atoms with Crippen molar-refractivity contribution in [2.75, 3.05) is 47.1 Å². The number of likely N-dealkylation sites (tertiary alicyclic amines) is 1. The van der Waals surface area contributed by atoms with Crippen LogP contribution in [-0.2, 0) is 16.0 Å². The monoisotopic (exact) mass is 483 g/mol. The molecule has 148 valence electrons. The number of rotatable bonds is 7. The molecular weight excluding hydrogens is 453 g/mol. The molecule has 2 aromatic rings. The molecule has 2 aromatic carbocycles. The van der Waals surface area contributed by atoms with Gasteiger partial charge in [-0.2, -0.15) is 0 Å². The van der Waals surface area contributed by atoms with Crippen molar-refractivity contribution >= 4 is 40.7 Å². The average molecular weight is 483 g/mol. The number of benzene rings is 2. The van der Waals surface area contributed by atoms with Gasteiger partial charge < -0.3 is 19.7 Å². The molecule has 1 atom stereocenters. The molecular formula is C21H30IN3O2. The Bertz CT molecular complexity index is 738. The summed E-state index contributed by atoms with van der Waals surface area (Å²) in [5.41, 5.74) is 1.27. The molecule has 1 aliphatic rings. The lowest BCUT2D eigenvalue weighted by Crippen LogP contribution is -2.39. The van der Waals surface area contributed by atoms with Gasteiger partial charge in [0, 0.05) is 39.7 Å². The van der Waals surface area contributed by atoms with Gasteiger partial charge in [0.15, 0.2) is 5.96 Å². The van der Waals surface area contributed by atoms with Crippen LogP contribution in [-0.4, -0.2) is 57.9 Å². The number of ether oxygens (including phenoxy) is 2. The first-order valence-corrected chi connectivity index (χ1v) is 9.30. The lowest BCUT2D eigenvalue weighted by Gasteiger charge is -2.22. The first-order chi connectivity index (χ1) is 12.8. The van der Waals surface area contributed by atoms with Crippen LogP contribution in [0.3, 0.4) is 0 Å². The lowest BCUT2D eigenvalue weighted by molar-refractivity contribution is 0.0536. The van der Waals surface area contributed by atoms with Gasteiger partial charge >= 0.3 is 0 Å². The Labute approximate surface area is 179 Å². The second-order valence-corrected chi connectivity index (χ2v) is 6.75. The molecule has 1 saturated heterocycles. The maximum Gasteiger partial charge on any atom is 0.193 e. The number of methoxy groups -OCH3 is 1. The molecule has 1 aliphatic heterocycles. The van der Waals surface area contributed by atoms with Gasteiger partial charge in [0.25, 0.3) is 0 Å². The van der Waals surface area contributed by atoms with E-state index in [2.05, 4.69) is 57.7 Å². The van der Waals surface area contributed by atoms with E-state index in [1.54, 1.807) is 7.11 Å². The van der Waals surface area contributed by atoms with Crippen molar-refractivity contribution in [2.45, 2.75) is 13.0 Å². The van der Waals surface area contributed by atoms with Crippen LogP contribution in [0.5, 0.6) is 0 Å². The minimum absolute atomic E-state index is 0. The van der Waals surface area contributed by atoms with Gasteiger partial charge in [0.2, 0.25) is 0 Å². The Morgan fingerprint density at radius 3 is 2.78 bits per heavy atom. The molecule has 1 heterocycles. The number of aliphatic imine (C=N–C) groups is 1. The van der Waals surface area contributed by atoms with Crippen LogP contribution in [0.25, 0.3) is 10.8 Å². The summed E-state index contributed by atoms with van der Waals surface area (Å²) in [6.45, 7) is 4.91. The molecule has 1 N–H and O–H groups in total. The lowest BCUT2D eigenvalue weighted by atomic mass is 10.1. The molecule has 0 amide bonds. The van der Waals surface area contributed by atoms with Crippen LogP contribution in [0.4, 0.5) is 0 Å². The van der Waals surface area contributed by atoms with E-state index in [4.69, 9.17) is 9.47 Å². The fourth-order valence-electron chi connectivity index (χ4n) is 3.42. The van der Waals surface area contributed by atoms with Crippen LogP contribution in [0.2, 0.25) is 0 Å². The zero-order valence-electron chi connectivity index (χ0n) is 16.2. The fraction of sp³-hybridized carbons (Fsp3) is 0.476. The summed E-state index contributed by atoms with van der Waals surface area (Å²) < 4.78 is 10.7. The highest BCUT2D eigenvalue weighted by atomic mass is 127. The summed E-state index contributed by atoms with van der Waals surface area (Å²) in [7, 11) is 3.55. The summed E-state index contributed by atoms with van der Waals surface area (Å²) in [5, 5.41) is 6.05. The molecule has 27 heavy (non-hydrogen) atoms. The quantitative estimate of drug-likeness (QED) is 0.284. The van der Waals surface area contributed by atoms with Crippen LogP contribution < -0.4 is 5.32 Å². The van der Waals surface area contributed by atoms with Crippen molar-refractivity contribution in [2.24, 2.45) is 10.9 Å². The van der Waals surface area contributed by atoms with E-state index in [1.165, 1.54) is 16.3 Å². The van der Waals surface area contributed by atoms with E-state index in [9.17, 15) is 0 Å². The number of nitrogens with zero attached hydrogens (tertiary/aromatic N) is 2. The summed E-state index contributed by atoms with van der Waals surface area (Å²) in [6.07, 6.45) is 1.14. The molecule has 0 spiro atoms. The summed E-state index contributed by atoms with van der Waals surface area (Å²) in [6, 6.07) is 15.1. The fourth-order valence-corrected chi connectivity index (χ4v) is 3.42. The molecule has 0 aromatic heterocycles. The largest absolute Gasteiger partial charge is 0.382 e. The van der Waals surface area contributed by atoms with E-state index < -0.39 is 0 Å². The van der Waals surface area contributed by atoms with Gasteiger partial charge in [-0.05, 0) is 28.8 Å². The second-order valence-electron chi connectivity index (χ2n) is 6.75. The van der Waals surface area contributed by atoms with E-state index in [-0.39, 0.29) is 24.0 Å². The number of guanidine groups is 1. The van der Waals surface area contributed by atoms with Crippen LogP contribution in [0, 0.1) is 5.92 Å². The molecule has 1 unspecified atom stereocenters. The molecule has 1 fully saturated rings. The summed E-state index contributed by atoms with van der Waals surface area (Å²) >= 11 is 0. The minimum atomic E-state index is 0. The first-order valence-electron chi connectivity index (χ1n) is 9.30. The van der Waals surface area contributed by atoms with E-state index in [0.29, 0.717) is 19.1 Å². The first kappa shape index (κ1) is 21.9. The number of hydrogen-bond donors (Lipinski definition) is 1. The highest BCUT2D eigenvalue weighted by molar-refractivity contribution is 14.0. The molecule has 6 heteroatoms. The normalized spacial score (nSPS) is 17.2. The third-order valence-electron chi connectivity index (χ3n) is 4.85. The predicted molar refractivity (Wildman–Crippen MR) is 122 cm³/mol. The maximum atomic E-state index is 5.68. The van der Waals surface area contributed by atoms with Crippen molar-refractivity contribution in [1.29, 1.82) is 0 Å². The molecule has 3 rings (SSSR count). The topological polar surface area (TPSA) is 46.1 Å². The highest BCUT2D eigenvalue weighted by Gasteiger charge is 2.24. The van der Waals surface area contributed by atoms with Crippen molar-refractivity contribution in [1.82, 2.24) is 10.2 Å². The van der Waals surface area contributed by atoms with Crippen LogP contribution >= 0.6 is 24.0 Å². The zero-order chi connectivity index (χ0) is 18.2. The van der Waals surface area contributed by atoms with Crippen molar-refractivity contribution in [3.8, 4) is 0 Å². The van der Waals surface area contributed by atoms with Gasteiger partial charge in [-0.3, -0.25) is 4.99 Å². The van der Waals surface area contributed by atoms with Crippen molar-refractivity contribution in [3.05, 3.63) is 48.0 Å². The third-order valence-corrected chi connectivity index (χ3v) is 4.85. The Kier molecular flexibility index (Phi) is 9.30. The Morgan fingerprint density at radius 2 is 2.00 bits per heavy atom. The minimum Gasteiger partial charge on any atom is -0.382 e. The maximum absolute atomic E-state index is 5.68. The number of fused-ring (bicyclic) bond motifs is 1. The van der Waals surface area contributed by atoms with Gasteiger partial charge in [0.1, 0.15) is 0 Å². The Balaban J connectivity index is 0.00000261. The van der Waals surface area contributed by atoms with Gasteiger partial charge in [-0.15, -0.1) is 24.0 Å². The summed E-state index contributed by atoms with van der Waals surface area (Å²) in [4.78, 5) is 6.79.